The van der Waals surface area contributed by atoms with Crippen LogP contribution < -0.4 is 4.72 Å². The number of phenols is 1. The standard InChI is InChI=1S/C14H15NO3S/c1-11-5-4-7-13(9-11)19(17,18)15-10-12-6-2-3-8-14(12)16/h2-9,15-16H,10H2,1H3. The number of phenolic OH excluding ortho intramolecular Hbond substituents is 1. The van der Waals surface area contributed by atoms with Crippen LogP contribution >= 0.6 is 0 Å². The summed E-state index contributed by atoms with van der Waals surface area (Å²) in [5.41, 5.74) is 1.42. The summed E-state index contributed by atoms with van der Waals surface area (Å²) in [6.45, 7) is 1.89. The van der Waals surface area contributed by atoms with Crippen molar-refractivity contribution in [2.75, 3.05) is 0 Å². The summed E-state index contributed by atoms with van der Waals surface area (Å²) in [4.78, 5) is 0.225. The molecule has 100 valence electrons. The number of nitrogens with one attached hydrogen (secondary N) is 1. The van der Waals surface area contributed by atoms with Gasteiger partial charge in [0, 0.05) is 12.1 Å². The van der Waals surface area contributed by atoms with Gasteiger partial charge in [-0.1, -0.05) is 30.3 Å². The van der Waals surface area contributed by atoms with Crippen molar-refractivity contribution in [2.24, 2.45) is 0 Å². The van der Waals surface area contributed by atoms with E-state index in [1.54, 1.807) is 36.4 Å². The molecular formula is C14H15NO3S. The van der Waals surface area contributed by atoms with E-state index in [9.17, 15) is 13.5 Å². The van der Waals surface area contributed by atoms with Gasteiger partial charge in [-0.25, -0.2) is 13.1 Å². The minimum atomic E-state index is -3.56. The van der Waals surface area contributed by atoms with Crippen molar-refractivity contribution < 1.29 is 13.5 Å². The Balaban J connectivity index is 2.17. The summed E-state index contributed by atoms with van der Waals surface area (Å²) in [6.07, 6.45) is 0. The molecule has 0 aliphatic rings. The fraction of sp³-hybridized carbons (Fsp3) is 0.143. The maximum absolute atomic E-state index is 12.1. The lowest BCUT2D eigenvalue weighted by molar-refractivity contribution is 0.467. The van der Waals surface area contributed by atoms with Crippen LogP contribution in [0.4, 0.5) is 0 Å². The van der Waals surface area contributed by atoms with E-state index in [2.05, 4.69) is 4.72 Å². The summed E-state index contributed by atoms with van der Waals surface area (Å²) in [5, 5.41) is 9.59. The molecular weight excluding hydrogens is 262 g/mol. The van der Waals surface area contributed by atoms with Crippen molar-refractivity contribution in [1.82, 2.24) is 4.72 Å². The highest BCUT2D eigenvalue weighted by molar-refractivity contribution is 7.89. The first-order valence-corrected chi connectivity index (χ1v) is 7.30. The average Bonchev–Trinajstić information content (AvgIpc) is 2.38. The highest BCUT2D eigenvalue weighted by Gasteiger charge is 2.14. The van der Waals surface area contributed by atoms with E-state index >= 15 is 0 Å². The molecule has 0 aliphatic heterocycles. The Hall–Kier alpha value is -1.85. The molecule has 0 amide bonds. The number of aryl methyl sites for hydroxylation is 1. The zero-order valence-corrected chi connectivity index (χ0v) is 11.3. The van der Waals surface area contributed by atoms with Gasteiger partial charge in [0.2, 0.25) is 10.0 Å². The molecule has 0 fully saturated rings. The van der Waals surface area contributed by atoms with Gasteiger partial charge in [0.25, 0.3) is 0 Å². The van der Waals surface area contributed by atoms with E-state index < -0.39 is 10.0 Å². The van der Waals surface area contributed by atoms with Crippen molar-refractivity contribution in [3.05, 3.63) is 59.7 Å². The largest absolute Gasteiger partial charge is 0.508 e. The summed E-state index contributed by atoms with van der Waals surface area (Å²) in [7, 11) is -3.56. The van der Waals surface area contributed by atoms with Crippen LogP contribution in [0.1, 0.15) is 11.1 Å². The number of rotatable bonds is 4. The summed E-state index contributed by atoms with van der Waals surface area (Å²) >= 11 is 0. The van der Waals surface area contributed by atoms with E-state index in [0.717, 1.165) is 5.56 Å². The number of sulfonamides is 1. The molecule has 0 radical (unpaired) electrons. The molecule has 2 aromatic rings. The third-order valence-electron chi connectivity index (χ3n) is 2.74. The van der Waals surface area contributed by atoms with Gasteiger partial charge < -0.3 is 5.11 Å². The Labute approximate surface area is 112 Å². The van der Waals surface area contributed by atoms with Crippen LogP contribution in [0.3, 0.4) is 0 Å². The first kappa shape index (κ1) is 13.6. The van der Waals surface area contributed by atoms with Crippen LogP contribution in [0.25, 0.3) is 0 Å². The Morgan fingerprint density at radius 2 is 1.84 bits per heavy atom. The van der Waals surface area contributed by atoms with Crippen molar-refractivity contribution in [3.63, 3.8) is 0 Å². The Bertz CT molecular complexity index is 681. The van der Waals surface area contributed by atoms with Crippen LogP contribution in [0.5, 0.6) is 5.75 Å². The van der Waals surface area contributed by atoms with Crippen LogP contribution in [-0.2, 0) is 16.6 Å². The second kappa shape index (κ2) is 5.42. The molecule has 0 atom stereocenters. The summed E-state index contributed by atoms with van der Waals surface area (Å²) in [6, 6.07) is 13.3. The molecule has 0 unspecified atom stereocenters. The first-order chi connectivity index (χ1) is 8.99. The monoisotopic (exact) mass is 277 g/mol. The molecule has 0 saturated heterocycles. The van der Waals surface area contributed by atoms with Gasteiger partial charge in [-0.15, -0.1) is 0 Å². The van der Waals surface area contributed by atoms with E-state index in [-0.39, 0.29) is 17.2 Å². The van der Waals surface area contributed by atoms with Gasteiger partial charge in [-0.2, -0.15) is 0 Å². The number of hydrogen-bond acceptors (Lipinski definition) is 3. The second-order valence-corrected chi connectivity index (χ2v) is 6.04. The van der Waals surface area contributed by atoms with Gasteiger partial charge in [0.1, 0.15) is 5.75 Å². The SMILES string of the molecule is Cc1cccc(S(=O)(=O)NCc2ccccc2O)c1. The normalized spacial score (nSPS) is 11.4. The second-order valence-electron chi connectivity index (χ2n) is 4.27. The molecule has 0 heterocycles. The van der Waals surface area contributed by atoms with Gasteiger partial charge in [-0.05, 0) is 30.7 Å². The minimum Gasteiger partial charge on any atom is -0.508 e. The third kappa shape index (κ3) is 3.33. The fourth-order valence-corrected chi connectivity index (χ4v) is 2.81. The minimum absolute atomic E-state index is 0.0585. The van der Waals surface area contributed by atoms with Crippen molar-refractivity contribution >= 4 is 10.0 Å². The highest BCUT2D eigenvalue weighted by Crippen LogP contribution is 2.17. The molecule has 0 spiro atoms. The quantitative estimate of drug-likeness (QED) is 0.900. The number of para-hydroxylation sites is 1. The lowest BCUT2D eigenvalue weighted by Gasteiger charge is -2.08. The van der Waals surface area contributed by atoms with Crippen LogP contribution in [0.15, 0.2) is 53.4 Å². The summed E-state index contributed by atoms with van der Waals surface area (Å²) in [5.74, 6) is 0.0782. The molecule has 19 heavy (non-hydrogen) atoms. The van der Waals surface area contributed by atoms with Crippen molar-refractivity contribution in [2.45, 2.75) is 18.4 Å². The van der Waals surface area contributed by atoms with Crippen molar-refractivity contribution in [3.8, 4) is 5.75 Å². The zero-order valence-electron chi connectivity index (χ0n) is 10.5. The Kier molecular flexibility index (Phi) is 3.87. The molecule has 0 bridgehead atoms. The summed E-state index contributed by atoms with van der Waals surface area (Å²) < 4.78 is 26.6. The maximum atomic E-state index is 12.1. The van der Waals surface area contributed by atoms with Crippen LogP contribution in [-0.4, -0.2) is 13.5 Å². The predicted molar refractivity (Wildman–Crippen MR) is 73.3 cm³/mol. The molecule has 0 saturated carbocycles. The van der Waals surface area contributed by atoms with Crippen molar-refractivity contribution in [1.29, 1.82) is 0 Å². The predicted octanol–water partition coefficient (Wildman–Crippen LogP) is 2.18. The van der Waals surface area contributed by atoms with Gasteiger partial charge in [0.15, 0.2) is 0 Å². The molecule has 2 N–H and O–H groups in total. The number of aromatic hydroxyl groups is 1. The van der Waals surface area contributed by atoms with Gasteiger partial charge in [-0.3, -0.25) is 0 Å². The van der Waals surface area contributed by atoms with E-state index in [4.69, 9.17) is 0 Å². The lowest BCUT2D eigenvalue weighted by atomic mass is 10.2. The van der Waals surface area contributed by atoms with E-state index in [0.29, 0.717) is 5.56 Å². The molecule has 2 rings (SSSR count). The van der Waals surface area contributed by atoms with Crippen LogP contribution in [0, 0.1) is 6.92 Å². The lowest BCUT2D eigenvalue weighted by Crippen LogP contribution is -2.23. The maximum Gasteiger partial charge on any atom is 0.240 e. The molecule has 5 heteroatoms. The molecule has 0 aliphatic carbocycles. The van der Waals surface area contributed by atoms with Gasteiger partial charge >= 0.3 is 0 Å². The number of benzene rings is 2. The van der Waals surface area contributed by atoms with E-state index in [1.165, 1.54) is 6.07 Å². The highest BCUT2D eigenvalue weighted by atomic mass is 32.2. The Morgan fingerprint density at radius 3 is 2.53 bits per heavy atom. The molecule has 0 aromatic heterocycles. The number of hydrogen-bond donors (Lipinski definition) is 2. The fourth-order valence-electron chi connectivity index (χ4n) is 1.70. The third-order valence-corrected chi connectivity index (χ3v) is 4.14. The smallest absolute Gasteiger partial charge is 0.240 e. The van der Waals surface area contributed by atoms with Crippen LogP contribution in [0.2, 0.25) is 0 Å². The van der Waals surface area contributed by atoms with Gasteiger partial charge in [0.05, 0.1) is 4.90 Å². The average molecular weight is 277 g/mol. The topological polar surface area (TPSA) is 66.4 Å². The molecule has 4 nitrogen and oxygen atoms in total. The van der Waals surface area contributed by atoms with E-state index in [1.807, 2.05) is 13.0 Å². The first-order valence-electron chi connectivity index (χ1n) is 5.82. The Morgan fingerprint density at radius 1 is 1.11 bits per heavy atom. The molecule has 2 aromatic carbocycles. The zero-order chi connectivity index (χ0) is 13.9.